The van der Waals surface area contributed by atoms with Gasteiger partial charge in [-0.3, -0.25) is 9.78 Å². The van der Waals surface area contributed by atoms with Gasteiger partial charge >= 0.3 is 0 Å². The highest BCUT2D eigenvalue weighted by molar-refractivity contribution is 5.92. The molecule has 1 unspecified atom stereocenters. The van der Waals surface area contributed by atoms with Crippen LogP contribution >= 0.6 is 0 Å². The van der Waals surface area contributed by atoms with Gasteiger partial charge in [0.15, 0.2) is 11.5 Å². The molecule has 0 bridgehead atoms. The maximum atomic E-state index is 13.4. The van der Waals surface area contributed by atoms with Gasteiger partial charge in [0.1, 0.15) is 0 Å². The van der Waals surface area contributed by atoms with Crippen molar-refractivity contribution in [2.75, 3.05) is 20.8 Å². The standard InChI is InChI=1S/C28H25N3O3/c1-33-25-16-20-14-15-31(28(19-8-4-3-5-9-19)22(20)17-26(25)34-2)27(32)13-12-21-18-29-23-10-6-7-11-24(23)30-21/h3-13,16-18,28H,14-15H2,1-2H3/b13-12+. The molecule has 5 rings (SSSR count). The zero-order chi connectivity index (χ0) is 23.5. The number of fused-ring (bicyclic) bond motifs is 2. The monoisotopic (exact) mass is 451 g/mol. The van der Waals surface area contributed by atoms with Crippen LogP contribution in [0, 0.1) is 0 Å². The van der Waals surface area contributed by atoms with E-state index in [1.54, 1.807) is 32.6 Å². The number of amides is 1. The summed E-state index contributed by atoms with van der Waals surface area (Å²) in [7, 11) is 3.26. The van der Waals surface area contributed by atoms with Gasteiger partial charge in [-0.15, -0.1) is 0 Å². The number of hydrogen-bond donors (Lipinski definition) is 0. The molecule has 170 valence electrons. The number of carbonyl (C=O) groups excluding carboxylic acids is 1. The third kappa shape index (κ3) is 4.10. The van der Waals surface area contributed by atoms with E-state index in [1.165, 1.54) is 0 Å². The van der Waals surface area contributed by atoms with Crippen molar-refractivity contribution in [1.82, 2.24) is 14.9 Å². The Labute approximate surface area is 198 Å². The first-order valence-corrected chi connectivity index (χ1v) is 11.2. The Balaban J connectivity index is 1.50. The van der Waals surface area contributed by atoms with E-state index in [2.05, 4.69) is 22.1 Å². The summed E-state index contributed by atoms with van der Waals surface area (Å²) in [6.45, 7) is 0.592. The predicted octanol–water partition coefficient (Wildman–Crippen LogP) is 4.83. The maximum absolute atomic E-state index is 13.4. The highest BCUT2D eigenvalue weighted by atomic mass is 16.5. The molecular formula is C28H25N3O3. The minimum Gasteiger partial charge on any atom is -0.493 e. The quantitative estimate of drug-likeness (QED) is 0.407. The Hall–Kier alpha value is -4.19. The Morgan fingerprint density at radius 3 is 2.44 bits per heavy atom. The van der Waals surface area contributed by atoms with Gasteiger partial charge in [0.05, 0.1) is 43.2 Å². The second kappa shape index (κ2) is 9.35. The molecule has 0 fully saturated rings. The summed E-state index contributed by atoms with van der Waals surface area (Å²) >= 11 is 0. The SMILES string of the molecule is COc1cc2c(cc1OC)C(c1ccccc1)N(C(=O)/C=C/c1cnc3ccccc3n1)CC2. The molecule has 2 heterocycles. The first-order chi connectivity index (χ1) is 16.7. The molecule has 0 saturated heterocycles. The van der Waals surface area contributed by atoms with Gasteiger partial charge in [-0.2, -0.15) is 0 Å². The van der Waals surface area contributed by atoms with Crippen LogP contribution in [0.15, 0.2) is 79.0 Å². The molecular weight excluding hydrogens is 426 g/mol. The van der Waals surface area contributed by atoms with Gasteiger partial charge in [-0.25, -0.2) is 4.98 Å². The second-order valence-corrected chi connectivity index (χ2v) is 8.12. The topological polar surface area (TPSA) is 64.6 Å². The van der Waals surface area contributed by atoms with E-state index in [0.29, 0.717) is 23.7 Å². The van der Waals surface area contributed by atoms with Crippen LogP contribution in [0.2, 0.25) is 0 Å². The normalized spacial score (nSPS) is 15.4. The van der Waals surface area contributed by atoms with Gasteiger partial charge < -0.3 is 14.4 Å². The number of aromatic nitrogens is 2. The van der Waals surface area contributed by atoms with E-state index < -0.39 is 0 Å². The molecule has 6 nitrogen and oxygen atoms in total. The largest absolute Gasteiger partial charge is 0.493 e. The van der Waals surface area contributed by atoms with Gasteiger partial charge in [-0.1, -0.05) is 42.5 Å². The lowest BCUT2D eigenvalue weighted by atomic mass is 9.87. The highest BCUT2D eigenvalue weighted by Crippen LogP contribution is 2.41. The van der Waals surface area contributed by atoms with Gasteiger partial charge in [-0.05, 0) is 53.5 Å². The predicted molar refractivity (Wildman–Crippen MR) is 132 cm³/mol. The molecule has 1 aliphatic rings. The van der Waals surface area contributed by atoms with Crippen LogP contribution in [0.3, 0.4) is 0 Å². The van der Waals surface area contributed by atoms with Crippen LogP contribution in [-0.2, 0) is 11.2 Å². The average molecular weight is 452 g/mol. The molecule has 0 aliphatic carbocycles. The number of nitrogens with zero attached hydrogens (tertiary/aromatic N) is 3. The Bertz CT molecular complexity index is 1370. The molecule has 3 aromatic carbocycles. The average Bonchev–Trinajstić information content (AvgIpc) is 2.90. The van der Waals surface area contributed by atoms with Crippen LogP contribution in [0.5, 0.6) is 11.5 Å². The molecule has 0 radical (unpaired) electrons. The molecule has 1 atom stereocenters. The molecule has 6 heteroatoms. The smallest absolute Gasteiger partial charge is 0.247 e. The van der Waals surface area contributed by atoms with Crippen LogP contribution in [0.4, 0.5) is 0 Å². The van der Waals surface area contributed by atoms with Crippen LogP contribution in [0.1, 0.15) is 28.4 Å². The third-order valence-electron chi connectivity index (χ3n) is 6.14. The van der Waals surface area contributed by atoms with Crippen molar-refractivity contribution in [1.29, 1.82) is 0 Å². The Morgan fingerprint density at radius 2 is 1.68 bits per heavy atom. The summed E-state index contributed by atoms with van der Waals surface area (Å²) in [5.41, 5.74) is 5.51. The molecule has 0 spiro atoms. The second-order valence-electron chi connectivity index (χ2n) is 8.12. The highest BCUT2D eigenvalue weighted by Gasteiger charge is 2.32. The zero-order valence-electron chi connectivity index (χ0n) is 19.1. The first kappa shape index (κ1) is 21.6. The van der Waals surface area contributed by atoms with E-state index in [4.69, 9.17) is 9.47 Å². The minimum atomic E-state index is -0.232. The van der Waals surface area contributed by atoms with E-state index in [9.17, 15) is 4.79 Å². The van der Waals surface area contributed by atoms with Gasteiger partial charge in [0.2, 0.25) is 5.91 Å². The summed E-state index contributed by atoms with van der Waals surface area (Å²) < 4.78 is 11.1. The molecule has 0 saturated carbocycles. The minimum absolute atomic E-state index is 0.0794. The summed E-state index contributed by atoms with van der Waals surface area (Å²) in [6, 6.07) is 21.5. The van der Waals surface area contributed by atoms with Crippen molar-refractivity contribution in [2.24, 2.45) is 0 Å². The fourth-order valence-corrected chi connectivity index (χ4v) is 4.48. The number of methoxy groups -OCH3 is 2. The fraction of sp³-hybridized carbons (Fsp3) is 0.179. The van der Waals surface area contributed by atoms with Crippen molar-refractivity contribution in [3.05, 3.63) is 101 Å². The van der Waals surface area contributed by atoms with Gasteiger partial charge in [0, 0.05) is 12.6 Å². The van der Waals surface area contributed by atoms with E-state index >= 15 is 0 Å². The summed E-state index contributed by atoms with van der Waals surface area (Å²) in [5.74, 6) is 1.27. The number of rotatable bonds is 5. The Kier molecular flexibility index (Phi) is 5.95. The lowest BCUT2D eigenvalue weighted by Crippen LogP contribution is -2.39. The van der Waals surface area contributed by atoms with Crippen molar-refractivity contribution in [2.45, 2.75) is 12.5 Å². The molecule has 4 aromatic rings. The van der Waals surface area contributed by atoms with Crippen LogP contribution in [-0.4, -0.2) is 41.5 Å². The number of para-hydroxylation sites is 2. The third-order valence-corrected chi connectivity index (χ3v) is 6.14. The van der Waals surface area contributed by atoms with Crippen molar-refractivity contribution < 1.29 is 14.3 Å². The lowest BCUT2D eigenvalue weighted by molar-refractivity contribution is -0.127. The van der Waals surface area contributed by atoms with Crippen molar-refractivity contribution >= 4 is 23.0 Å². The van der Waals surface area contributed by atoms with Crippen molar-refractivity contribution in [3.63, 3.8) is 0 Å². The lowest BCUT2D eigenvalue weighted by Gasteiger charge is -2.37. The molecule has 0 N–H and O–H groups in total. The maximum Gasteiger partial charge on any atom is 0.247 e. The molecule has 1 aromatic heterocycles. The van der Waals surface area contributed by atoms with Crippen molar-refractivity contribution in [3.8, 4) is 11.5 Å². The molecule has 1 amide bonds. The molecule has 34 heavy (non-hydrogen) atoms. The number of ether oxygens (including phenoxy) is 2. The summed E-state index contributed by atoms with van der Waals surface area (Å²) in [5, 5.41) is 0. The number of carbonyl (C=O) groups is 1. The van der Waals surface area contributed by atoms with E-state index in [0.717, 1.165) is 34.1 Å². The number of hydrogen-bond acceptors (Lipinski definition) is 5. The zero-order valence-corrected chi connectivity index (χ0v) is 19.1. The van der Waals surface area contributed by atoms with Crippen LogP contribution in [0.25, 0.3) is 17.1 Å². The summed E-state index contributed by atoms with van der Waals surface area (Å²) in [6.07, 6.45) is 5.73. The van der Waals surface area contributed by atoms with E-state index in [1.807, 2.05) is 59.5 Å². The first-order valence-electron chi connectivity index (χ1n) is 11.2. The van der Waals surface area contributed by atoms with Crippen LogP contribution < -0.4 is 9.47 Å². The Morgan fingerprint density at radius 1 is 0.971 bits per heavy atom. The van der Waals surface area contributed by atoms with Gasteiger partial charge in [0.25, 0.3) is 0 Å². The summed E-state index contributed by atoms with van der Waals surface area (Å²) in [4.78, 5) is 24.4. The molecule has 1 aliphatic heterocycles. The van der Waals surface area contributed by atoms with E-state index in [-0.39, 0.29) is 11.9 Å². The fourth-order valence-electron chi connectivity index (χ4n) is 4.48. The number of benzene rings is 3.